The highest BCUT2D eigenvalue weighted by molar-refractivity contribution is 7.98. The average molecular weight is 411 g/mol. The Kier molecular flexibility index (Phi) is 6.18. The van der Waals surface area contributed by atoms with E-state index in [0.29, 0.717) is 11.9 Å². The van der Waals surface area contributed by atoms with Gasteiger partial charge < -0.3 is 0 Å². The molecular weight excluding hydrogens is 388 g/mol. The minimum absolute atomic E-state index is 0.0561. The van der Waals surface area contributed by atoms with Gasteiger partial charge in [0.15, 0.2) is 5.16 Å². The first kappa shape index (κ1) is 19.3. The molecule has 0 saturated heterocycles. The monoisotopic (exact) mass is 410 g/mol. The summed E-state index contributed by atoms with van der Waals surface area (Å²) in [6.45, 7) is 0.686. The summed E-state index contributed by atoms with van der Waals surface area (Å²) >= 11 is 7.60. The Hall–Kier alpha value is -2.04. The quantitative estimate of drug-likeness (QED) is 0.274. The molecule has 1 aliphatic carbocycles. The predicted octanol–water partition coefficient (Wildman–Crippen LogP) is 6.23. The Labute approximate surface area is 174 Å². The lowest BCUT2D eigenvalue weighted by Crippen LogP contribution is -2.23. The van der Waals surface area contributed by atoms with Crippen LogP contribution in [-0.4, -0.2) is 9.55 Å². The maximum Gasteiger partial charge on any atom is 0.262 e. The second-order valence-electron chi connectivity index (χ2n) is 7.14. The van der Waals surface area contributed by atoms with E-state index in [1.165, 1.54) is 30.4 Å². The van der Waals surface area contributed by atoms with Gasteiger partial charge in [-0.05, 0) is 61.9 Å². The Balaban J connectivity index is 1.63. The molecular formula is C23H23ClN2OS. The summed E-state index contributed by atoms with van der Waals surface area (Å²) in [5, 5.41) is 2.21. The zero-order valence-corrected chi connectivity index (χ0v) is 17.3. The van der Waals surface area contributed by atoms with Gasteiger partial charge in [-0.1, -0.05) is 59.3 Å². The molecule has 0 spiro atoms. The van der Waals surface area contributed by atoms with Crippen molar-refractivity contribution in [3.8, 4) is 0 Å². The summed E-state index contributed by atoms with van der Waals surface area (Å²) in [6, 6.07) is 15.4. The topological polar surface area (TPSA) is 34.9 Å². The lowest BCUT2D eigenvalue weighted by molar-refractivity contribution is 0.569. The fourth-order valence-corrected chi connectivity index (χ4v) is 4.68. The van der Waals surface area contributed by atoms with Crippen LogP contribution in [0.3, 0.4) is 0 Å². The van der Waals surface area contributed by atoms with Gasteiger partial charge in [0.25, 0.3) is 5.56 Å². The van der Waals surface area contributed by atoms with Gasteiger partial charge in [0, 0.05) is 17.3 Å². The largest absolute Gasteiger partial charge is 0.287 e. The van der Waals surface area contributed by atoms with Crippen molar-refractivity contribution >= 4 is 34.3 Å². The number of allylic oxidation sites excluding steroid dienone is 2. The highest BCUT2D eigenvalue weighted by Gasteiger charge is 2.13. The van der Waals surface area contributed by atoms with Crippen molar-refractivity contribution in [2.24, 2.45) is 0 Å². The first-order chi connectivity index (χ1) is 13.7. The second-order valence-corrected chi connectivity index (χ2v) is 8.52. The van der Waals surface area contributed by atoms with Crippen LogP contribution in [0.25, 0.3) is 10.9 Å². The number of rotatable bonds is 6. The molecule has 28 heavy (non-hydrogen) atoms. The number of benzene rings is 2. The maximum atomic E-state index is 13.2. The van der Waals surface area contributed by atoms with Crippen molar-refractivity contribution in [3.63, 3.8) is 0 Å². The number of fused-ring (bicyclic) bond motifs is 1. The minimum atomic E-state index is 0.0561. The van der Waals surface area contributed by atoms with Gasteiger partial charge in [-0.2, -0.15) is 0 Å². The van der Waals surface area contributed by atoms with E-state index in [1.54, 1.807) is 11.8 Å². The van der Waals surface area contributed by atoms with Crippen LogP contribution in [0.2, 0.25) is 5.02 Å². The van der Waals surface area contributed by atoms with E-state index < -0.39 is 0 Å². The molecule has 144 valence electrons. The molecule has 1 aromatic heterocycles. The van der Waals surface area contributed by atoms with E-state index in [1.807, 2.05) is 53.1 Å². The summed E-state index contributed by atoms with van der Waals surface area (Å²) in [4.78, 5) is 18.0. The zero-order valence-electron chi connectivity index (χ0n) is 15.7. The second kappa shape index (κ2) is 8.97. The number of nitrogens with zero attached hydrogens (tertiary/aromatic N) is 2. The van der Waals surface area contributed by atoms with E-state index >= 15 is 0 Å². The Morgan fingerprint density at radius 2 is 1.89 bits per heavy atom. The molecule has 0 atom stereocenters. The van der Waals surface area contributed by atoms with Crippen LogP contribution in [0.4, 0.5) is 0 Å². The lowest BCUT2D eigenvalue weighted by atomic mass is 9.97. The van der Waals surface area contributed by atoms with Crippen molar-refractivity contribution in [2.45, 2.75) is 49.6 Å². The Bertz CT molecular complexity index is 1060. The third-order valence-electron chi connectivity index (χ3n) is 5.15. The van der Waals surface area contributed by atoms with Crippen LogP contribution in [0.1, 0.15) is 37.7 Å². The Morgan fingerprint density at radius 3 is 2.68 bits per heavy atom. The molecule has 0 saturated carbocycles. The van der Waals surface area contributed by atoms with E-state index in [-0.39, 0.29) is 5.56 Å². The van der Waals surface area contributed by atoms with Gasteiger partial charge >= 0.3 is 0 Å². The Morgan fingerprint density at radius 1 is 1.07 bits per heavy atom. The van der Waals surface area contributed by atoms with Crippen molar-refractivity contribution in [1.82, 2.24) is 9.55 Å². The highest BCUT2D eigenvalue weighted by Crippen LogP contribution is 2.25. The number of hydrogen-bond acceptors (Lipinski definition) is 3. The summed E-state index contributed by atoms with van der Waals surface area (Å²) in [5.74, 6) is 0.755. The van der Waals surface area contributed by atoms with E-state index in [2.05, 4.69) is 6.08 Å². The molecule has 0 bridgehead atoms. The van der Waals surface area contributed by atoms with E-state index in [4.69, 9.17) is 16.6 Å². The fourth-order valence-electron chi connectivity index (χ4n) is 3.57. The molecule has 0 radical (unpaired) electrons. The van der Waals surface area contributed by atoms with Crippen LogP contribution >= 0.6 is 23.4 Å². The van der Waals surface area contributed by atoms with Gasteiger partial charge in [-0.25, -0.2) is 4.98 Å². The van der Waals surface area contributed by atoms with Crippen LogP contribution in [-0.2, 0) is 12.3 Å². The number of thioether (sulfide) groups is 1. The number of aromatic nitrogens is 2. The molecule has 1 heterocycles. The van der Waals surface area contributed by atoms with Crippen molar-refractivity contribution in [2.75, 3.05) is 0 Å². The smallest absolute Gasteiger partial charge is 0.262 e. The number of para-hydroxylation sites is 1. The van der Waals surface area contributed by atoms with Crippen LogP contribution in [0.15, 0.2) is 70.1 Å². The molecule has 0 aliphatic heterocycles. The van der Waals surface area contributed by atoms with Crippen molar-refractivity contribution in [3.05, 3.63) is 81.1 Å². The fraction of sp³-hybridized carbons (Fsp3) is 0.304. The number of halogens is 1. The van der Waals surface area contributed by atoms with Crippen LogP contribution < -0.4 is 5.56 Å². The molecule has 0 fully saturated rings. The molecule has 0 unspecified atom stereocenters. The van der Waals surface area contributed by atoms with Crippen molar-refractivity contribution < 1.29 is 0 Å². The molecule has 5 heteroatoms. The van der Waals surface area contributed by atoms with Gasteiger partial charge in [0.05, 0.1) is 10.9 Å². The van der Waals surface area contributed by atoms with Crippen LogP contribution in [0, 0.1) is 0 Å². The first-order valence-corrected chi connectivity index (χ1v) is 11.1. The van der Waals surface area contributed by atoms with Gasteiger partial charge in [0.2, 0.25) is 0 Å². The first-order valence-electron chi connectivity index (χ1n) is 9.75. The third kappa shape index (κ3) is 4.50. The summed E-state index contributed by atoms with van der Waals surface area (Å²) in [6.07, 6.45) is 8.14. The summed E-state index contributed by atoms with van der Waals surface area (Å²) < 4.78 is 1.86. The van der Waals surface area contributed by atoms with E-state index in [0.717, 1.165) is 34.3 Å². The molecule has 2 aromatic carbocycles. The molecule has 4 rings (SSSR count). The predicted molar refractivity (Wildman–Crippen MR) is 118 cm³/mol. The normalized spacial score (nSPS) is 14.2. The third-order valence-corrected chi connectivity index (χ3v) is 6.45. The van der Waals surface area contributed by atoms with Gasteiger partial charge in [0.1, 0.15) is 0 Å². The van der Waals surface area contributed by atoms with Crippen molar-refractivity contribution in [1.29, 1.82) is 0 Å². The molecule has 3 nitrogen and oxygen atoms in total. The zero-order chi connectivity index (χ0) is 19.3. The van der Waals surface area contributed by atoms with Gasteiger partial charge in [-0.15, -0.1) is 0 Å². The van der Waals surface area contributed by atoms with Gasteiger partial charge in [-0.3, -0.25) is 9.36 Å². The highest BCUT2D eigenvalue weighted by atomic mass is 35.5. The minimum Gasteiger partial charge on any atom is -0.287 e. The summed E-state index contributed by atoms with van der Waals surface area (Å²) in [7, 11) is 0. The molecule has 0 N–H and O–H groups in total. The standard InChI is InChI=1S/C23H23ClN2OS/c24-19-12-10-18(11-13-19)16-28-23-25-21-9-5-4-8-20(21)22(27)26(23)15-14-17-6-2-1-3-7-17/h4-6,8-13H,1-3,7,14-16H2. The lowest BCUT2D eigenvalue weighted by Gasteiger charge is -2.16. The molecule has 3 aromatic rings. The van der Waals surface area contributed by atoms with Crippen LogP contribution in [0.5, 0.6) is 0 Å². The molecule has 1 aliphatic rings. The molecule has 0 amide bonds. The maximum absolute atomic E-state index is 13.2. The average Bonchev–Trinajstić information content (AvgIpc) is 2.74. The SMILES string of the molecule is O=c1c2ccccc2nc(SCc2ccc(Cl)cc2)n1CCC1=CCCCC1. The summed E-state index contributed by atoms with van der Waals surface area (Å²) in [5.41, 5.74) is 3.46. The van der Waals surface area contributed by atoms with E-state index in [9.17, 15) is 4.79 Å². The number of hydrogen-bond donors (Lipinski definition) is 0.